The Morgan fingerprint density at radius 1 is 0.600 bits per heavy atom. The van der Waals surface area contributed by atoms with E-state index in [4.69, 9.17) is 20.0 Å². The van der Waals surface area contributed by atoms with Crippen LogP contribution >= 0.6 is 0 Å². The minimum Gasteiger partial charge on any atom is -0.457 e. The predicted molar refractivity (Wildman–Crippen MR) is 133 cm³/mol. The molecular weight excluding hydrogens is 438 g/mol. The second-order valence-electron chi connectivity index (χ2n) is 7.66. The summed E-state index contributed by atoms with van der Waals surface area (Å²) in [5.41, 5.74) is 3.00. The van der Waals surface area contributed by atoms with Gasteiger partial charge in [0.05, 0.1) is 25.0 Å². The average molecular weight is 460 g/mol. The summed E-state index contributed by atoms with van der Waals surface area (Å²) in [4.78, 5) is 12.6. The van der Waals surface area contributed by atoms with Crippen molar-refractivity contribution in [2.75, 3.05) is 5.32 Å². The molecule has 0 aliphatic rings. The molecule has 4 aromatic carbocycles. The van der Waals surface area contributed by atoms with Gasteiger partial charge in [-0.15, -0.1) is 0 Å². The van der Waals surface area contributed by atoms with Crippen LogP contribution in [-0.2, 0) is 12.8 Å². The van der Waals surface area contributed by atoms with Gasteiger partial charge in [-0.3, -0.25) is 4.79 Å². The Balaban J connectivity index is 1.32. The van der Waals surface area contributed by atoms with Crippen LogP contribution in [-0.4, -0.2) is 5.91 Å². The highest BCUT2D eigenvalue weighted by molar-refractivity contribution is 6.04. The largest absolute Gasteiger partial charge is 0.457 e. The standard InChI is InChI=1S/C29H21N3O3/c30-19-17-21-1-9-25(10-2-21)34-27-13-5-23(6-14-27)29(33)32-24-7-15-28(16-8-24)35-26-11-3-22(4-12-26)18-20-31/h1-16H,17-18H2,(H,32,33). The van der Waals surface area contributed by atoms with Gasteiger partial charge in [-0.2, -0.15) is 10.5 Å². The molecule has 0 aliphatic heterocycles. The lowest BCUT2D eigenvalue weighted by atomic mass is 10.1. The molecule has 4 aromatic rings. The van der Waals surface area contributed by atoms with Crippen molar-refractivity contribution in [2.45, 2.75) is 12.8 Å². The van der Waals surface area contributed by atoms with Gasteiger partial charge >= 0.3 is 0 Å². The normalized spacial score (nSPS) is 10.0. The van der Waals surface area contributed by atoms with Crippen LogP contribution in [0.2, 0.25) is 0 Å². The first-order valence-corrected chi connectivity index (χ1v) is 10.9. The molecule has 4 rings (SSSR count). The van der Waals surface area contributed by atoms with Crippen molar-refractivity contribution in [3.8, 4) is 35.1 Å². The van der Waals surface area contributed by atoms with Crippen LogP contribution in [0.5, 0.6) is 23.0 Å². The number of amides is 1. The summed E-state index contributed by atoms with van der Waals surface area (Å²) >= 11 is 0. The van der Waals surface area contributed by atoms with Gasteiger partial charge in [0.2, 0.25) is 0 Å². The van der Waals surface area contributed by atoms with Crippen LogP contribution < -0.4 is 14.8 Å². The number of nitrogens with zero attached hydrogens (tertiary/aromatic N) is 2. The second kappa shape index (κ2) is 11.2. The first-order chi connectivity index (χ1) is 17.1. The summed E-state index contributed by atoms with van der Waals surface area (Å²) in [5, 5.41) is 20.4. The van der Waals surface area contributed by atoms with Crippen LogP contribution in [0.1, 0.15) is 21.5 Å². The summed E-state index contributed by atoms with van der Waals surface area (Å²) in [7, 11) is 0. The van der Waals surface area contributed by atoms with Crippen molar-refractivity contribution in [2.24, 2.45) is 0 Å². The van der Waals surface area contributed by atoms with Crippen LogP contribution in [0.3, 0.4) is 0 Å². The molecule has 0 radical (unpaired) electrons. The van der Waals surface area contributed by atoms with E-state index in [1.54, 1.807) is 48.5 Å². The zero-order valence-electron chi connectivity index (χ0n) is 18.8. The van der Waals surface area contributed by atoms with E-state index in [0.717, 1.165) is 11.1 Å². The van der Waals surface area contributed by atoms with E-state index in [9.17, 15) is 4.79 Å². The summed E-state index contributed by atoms with van der Waals surface area (Å²) in [5.74, 6) is 2.34. The van der Waals surface area contributed by atoms with Crippen molar-refractivity contribution in [1.82, 2.24) is 0 Å². The van der Waals surface area contributed by atoms with Crippen LogP contribution in [0, 0.1) is 22.7 Å². The van der Waals surface area contributed by atoms with E-state index >= 15 is 0 Å². The van der Waals surface area contributed by atoms with Gasteiger partial charge in [-0.05, 0) is 83.9 Å². The highest BCUT2D eigenvalue weighted by atomic mass is 16.5. The molecule has 6 heteroatoms. The Morgan fingerprint density at radius 2 is 0.971 bits per heavy atom. The second-order valence-corrected chi connectivity index (χ2v) is 7.66. The summed E-state index contributed by atoms with van der Waals surface area (Å²) < 4.78 is 11.6. The molecule has 1 N–H and O–H groups in total. The molecule has 0 spiro atoms. The Kier molecular flexibility index (Phi) is 7.38. The van der Waals surface area contributed by atoms with Gasteiger partial charge in [0.1, 0.15) is 23.0 Å². The van der Waals surface area contributed by atoms with Gasteiger partial charge in [0.25, 0.3) is 5.91 Å². The molecule has 0 heterocycles. The van der Waals surface area contributed by atoms with Crippen molar-refractivity contribution in [1.29, 1.82) is 10.5 Å². The number of rotatable bonds is 8. The number of nitrogens with one attached hydrogen (secondary N) is 1. The SMILES string of the molecule is N#CCc1ccc(Oc2ccc(NC(=O)c3ccc(Oc4ccc(CC#N)cc4)cc3)cc2)cc1. The van der Waals surface area contributed by atoms with E-state index in [1.165, 1.54) is 0 Å². The first kappa shape index (κ1) is 23.1. The number of hydrogen-bond acceptors (Lipinski definition) is 5. The molecule has 0 atom stereocenters. The smallest absolute Gasteiger partial charge is 0.255 e. The maximum atomic E-state index is 12.6. The van der Waals surface area contributed by atoms with E-state index in [1.807, 2.05) is 48.5 Å². The number of benzene rings is 4. The Hall–Kier alpha value is -5.07. The maximum Gasteiger partial charge on any atom is 0.255 e. The minimum absolute atomic E-state index is 0.237. The molecule has 0 saturated heterocycles. The quantitative estimate of drug-likeness (QED) is 0.318. The number of carbonyl (C=O) groups excluding carboxylic acids is 1. The third-order valence-electron chi connectivity index (χ3n) is 5.11. The van der Waals surface area contributed by atoms with Gasteiger partial charge in [-0.25, -0.2) is 0 Å². The lowest BCUT2D eigenvalue weighted by Crippen LogP contribution is -2.11. The third kappa shape index (κ3) is 6.47. The van der Waals surface area contributed by atoms with E-state index in [0.29, 0.717) is 47.1 Å². The number of anilines is 1. The molecule has 0 aromatic heterocycles. The molecule has 0 unspecified atom stereocenters. The third-order valence-corrected chi connectivity index (χ3v) is 5.11. The zero-order valence-corrected chi connectivity index (χ0v) is 18.8. The Bertz CT molecular complexity index is 1360. The molecule has 170 valence electrons. The van der Waals surface area contributed by atoms with Crippen molar-refractivity contribution < 1.29 is 14.3 Å². The number of ether oxygens (including phenoxy) is 2. The molecule has 0 aliphatic carbocycles. The molecule has 0 fully saturated rings. The van der Waals surface area contributed by atoms with Gasteiger partial charge in [0.15, 0.2) is 0 Å². The average Bonchev–Trinajstić information content (AvgIpc) is 2.88. The van der Waals surface area contributed by atoms with Crippen molar-refractivity contribution in [3.05, 3.63) is 114 Å². The highest BCUT2D eigenvalue weighted by Crippen LogP contribution is 2.25. The molecule has 35 heavy (non-hydrogen) atoms. The fourth-order valence-corrected chi connectivity index (χ4v) is 3.29. The summed E-state index contributed by atoms with van der Waals surface area (Å²) in [6.45, 7) is 0. The van der Waals surface area contributed by atoms with Gasteiger partial charge < -0.3 is 14.8 Å². The maximum absolute atomic E-state index is 12.6. The van der Waals surface area contributed by atoms with Gasteiger partial charge in [-0.1, -0.05) is 24.3 Å². The summed E-state index contributed by atoms with van der Waals surface area (Å²) in [6, 6.07) is 32.8. The number of hydrogen-bond donors (Lipinski definition) is 1. The fraction of sp³-hybridized carbons (Fsp3) is 0.0690. The molecule has 0 saturated carbocycles. The lowest BCUT2D eigenvalue weighted by Gasteiger charge is -2.09. The van der Waals surface area contributed by atoms with E-state index in [2.05, 4.69) is 17.5 Å². The van der Waals surface area contributed by atoms with Crippen molar-refractivity contribution >= 4 is 11.6 Å². The number of nitriles is 2. The van der Waals surface area contributed by atoms with E-state index in [-0.39, 0.29) is 5.91 Å². The Labute approximate surface area is 203 Å². The monoisotopic (exact) mass is 459 g/mol. The Morgan fingerprint density at radius 3 is 1.37 bits per heavy atom. The molecule has 1 amide bonds. The van der Waals surface area contributed by atoms with Crippen LogP contribution in [0.15, 0.2) is 97.1 Å². The highest BCUT2D eigenvalue weighted by Gasteiger charge is 2.08. The molecular formula is C29H21N3O3. The fourth-order valence-electron chi connectivity index (χ4n) is 3.29. The molecule has 0 bridgehead atoms. The van der Waals surface area contributed by atoms with Crippen LogP contribution in [0.25, 0.3) is 0 Å². The lowest BCUT2D eigenvalue weighted by molar-refractivity contribution is 0.102. The van der Waals surface area contributed by atoms with E-state index < -0.39 is 0 Å². The zero-order chi connectivity index (χ0) is 24.5. The topological polar surface area (TPSA) is 95.1 Å². The van der Waals surface area contributed by atoms with Crippen LogP contribution in [0.4, 0.5) is 5.69 Å². The summed E-state index contributed by atoms with van der Waals surface area (Å²) in [6.07, 6.45) is 0.723. The van der Waals surface area contributed by atoms with Gasteiger partial charge in [0, 0.05) is 11.3 Å². The predicted octanol–water partition coefficient (Wildman–Crippen LogP) is 6.66. The first-order valence-electron chi connectivity index (χ1n) is 10.9. The number of carbonyl (C=O) groups is 1. The minimum atomic E-state index is -0.237. The molecule has 6 nitrogen and oxygen atoms in total. The van der Waals surface area contributed by atoms with Crippen molar-refractivity contribution in [3.63, 3.8) is 0 Å².